The van der Waals surface area contributed by atoms with Gasteiger partial charge in [-0.1, -0.05) is 6.07 Å². The summed E-state index contributed by atoms with van der Waals surface area (Å²) in [5.41, 5.74) is 2.79. The van der Waals surface area contributed by atoms with Gasteiger partial charge in [0.25, 0.3) is 0 Å². The number of aryl methyl sites for hydroxylation is 1. The van der Waals surface area contributed by atoms with E-state index in [0.717, 1.165) is 40.0 Å². The zero-order valence-corrected chi connectivity index (χ0v) is 14.2. The van der Waals surface area contributed by atoms with Crippen LogP contribution in [0.1, 0.15) is 17.7 Å². The minimum atomic E-state index is -0.772. The van der Waals surface area contributed by atoms with Crippen LogP contribution in [0.4, 0.5) is 14.5 Å². The third-order valence-electron chi connectivity index (χ3n) is 4.98. The van der Waals surface area contributed by atoms with Crippen LogP contribution < -0.4 is 10.1 Å². The number of para-hydroxylation sites is 1. The molecule has 1 atom stereocenters. The van der Waals surface area contributed by atoms with Crippen molar-refractivity contribution in [3.8, 4) is 5.75 Å². The van der Waals surface area contributed by atoms with E-state index in [9.17, 15) is 13.6 Å². The van der Waals surface area contributed by atoms with Gasteiger partial charge in [0.1, 0.15) is 23.1 Å². The van der Waals surface area contributed by atoms with Crippen LogP contribution >= 0.6 is 0 Å². The second kappa shape index (κ2) is 6.44. The average Bonchev–Trinajstić information content (AvgIpc) is 3.01. The Morgan fingerprint density at radius 1 is 1.23 bits per heavy atom. The number of benzene rings is 2. The summed E-state index contributed by atoms with van der Waals surface area (Å²) in [6.45, 7) is 0. The number of halogens is 2. The number of carbonyl (C=O) groups excluding carboxylic acids is 1. The summed E-state index contributed by atoms with van der Waals surface area (Å²) in [4.78, 5) is 16.0. The van der Waals surface area contributed by atoms with E-state index in [-0.39, 0.29) is 17.5 Å². The number of amides is 1. The summed E-state index contributed by atoms with van der Waals surface area (Å²) in [5.74, 6) is -1.50. The lowest BCUT2D eigenvalue weighted by Gasteiger charge is -2.22. The molecule has 4 rings (SSSR count). The molecule has 0 radical (unpaired) electrons. The maximum absolute atomic E-state index is 13.8. The van der Waals surface area contributed by atoms with Gasteiger partial charge in [0.2, 0.25) is 5.91 Å². The van der Waals surface area contributed by atoms with Crippen LogP contribution in [-0.2, 0) is 17.6 Å². The van der Waals surface area contributed by atoms with Crippen molar-refractivity contribution in [2.24, 2.45) is 5.92 Å². The van der Waals surface area contributed by atoms with Crippen LogP contribution in [0.2, 0.25) is 0 Å². The van der Waals surface area contributed by atoms with Gasteiger partial charge in [0.15, 0.2) is 0 Å². The minimum absolute atomic E-state index is 0.341. The SMILES string of the molecule is COc1ccc2[nH]c3c(c2c1)CC(C(=O)Nc1c(F)cccc1F)CC3. The van der Waals surface area contributed by atoms with E-state index in [1.54, 1.807) is 7.11 Å². The lowest BCUT2D eigenvalue weighted by molar-refractivity contribution is -0.120. The van der Waals surface area contributed by atoms with Crippen molar-refractivity contribution < 1.29 is 18.3 Å². The standard InChI is InChI=1S/C20H18F2N2O2/c1-26-12-6-8-18-14(10-12)13-9-11(5-7-17(13)23-18)20(25)24-19-15(21)3-2-4-16(19)22/h2-4,6,8,10-11,23H,5,7,9H2,1H3,(H,24,25). The molecule has 1 amide bonds. The fourth-order valence-corrected chi connectivity index (χ4v) is 3.59. The first-order valence-corrected chi connectivity index (χ1v) is 8.49. The van der Waals surface area contributed by atoms with Crippen molar-refractivity contribution >= 4 is 22.5 Å². The lowest BCUT2D eigenvalue weighted by Crippen LogP contribution is -2.28. The van der Waals surface area contributed by atoms with Crippen molar-refractivity contribution in [3.05, 3.63) is 59.3 Å². The zero-order valence-electron chi connectivity index (χ0n) is 14.2. The van der Waals surface area contributed by atoms with Crippen LogP contribution in [0, 0.1) is 17.6 Å². The van der Waals surface area contributed by atoms with Crippen LogP contribution in [0.5, 0.6) is 5.75 Å². The van der Waals surface area contributed by atoms with Gasteiger partial charge in [-0.25, -0.2) is 8.78 Å². The van der Waals surface area contributed by atoms with Gasteiger partial charge in [-0.15, -0.1) is 0 Å². The number of hydrogen-bond donors (Lipinski definition) is 2. The Balaban J connectivity index is 1.60. The first-order valence-electron chi connectivity index (χ1n) is 8.49. The smallest absolute Gasteiger partial charge is 0.227 e. The summed E-state index contributed by atoms with van der Waals surface area (Å²) in [7, 11) is 1.61. The van der Waals surface area contributed by atoms with E-state index in [4.69, 9.17) is 4.74 Å². The maximum atomic E-state index is 13.8. The highest BCUT2D eigenvalue weighted by molar-refractivity contribution is 5.94. The number of nitrogens with one attached hydrogen (secondary N) is 2. The van der Waals surface area contributed by atoms with E-state index in [2.05, 4.69) is 10.3 Å². The molecule has 26 heavy (non-hydrogen) atoms. The highest BCUT2D eigenvalue weighted by atomic mass is 19.1. The van der Waals surface area contributed by atoms with Crippen molar-refractivity contribution in [3.63, 3.8) is 0 Å². The predicted molar refractivity (Wildman–Crippen MR) is 95.4 cm³/mol. The molecule has 6 heteroatoms. The number of ether oxygens (including phenoxy) is 1. The molecule has 2 N–H and O–H groups in total. The zero-order chi connectivity index (χ0) is 18.3. The number of H-pyrrole nitrogens is 1. The van der Waals surface area contributed by atoms with Gasteiger partial charge in [-0.2, -0.15) is 0 Å². The Bertz CT molecular complexity index is 977. The molecule has 4 nitrogen and oxygen atoms in total. The summed E-state index contributed by atoms with van der Waals surface area (Å²) in [6, 6.07) is 9.31. The first-order chi connectivity index (χ1) is 12.6. The van der Waals surface area contributed by atoms with E-state index in [1.807, 2.05) is 18.2 Å². The molecule has 2 aromatic carbocycles. The van der Waals surface area contributed by atoms with Gasteiger partial charge in [-0.3, -0.25) is 4.79 Å². The fourth-order valence-electron chi connectivity index (χ4n) is 3.59. The van der Waals surface area contributed by atoms with E-state index in [1.165, 1.54) is 6.07 Å². The predicted octanol–water partition coefficient (Wildman–Crippen LogP) is 4.20. The monoisotopic (exact) mass is 356 g/mol. The molecule has 0 spiro atoms. The second-order valence-electron chi connectivity index (χ2n) is 6.52. The Morgan fingerprint density at radius 3 is 2.73 bits per heavy atom. The molecule has 0 fully saturated rings. The van der Waals surface area contributed by atoms with E-state index >= 15 is 0 Å². The van der Waals surface area contributed by atoms with E-state index in [0.29, 0.717) is 19.3 Å². The number of fused-ring (bicyclic) bond motifs is 3. The van der Waals surface area contributed by atoms with Gasteiger partial charge in [0, 0.05) is 22.5 Å². The average molecular weight is 356 g/mol. The topological polar surface area (TPSA) is 54.1 Å². The number of aromatic nitrogens is 1. The molecule has 1 aromatic heterocycles. The Morgan fingerprint density at radius 2 is 2.00 bits per heavy atom. The van der Waals surface area contributed by atoms with Crippen LogP contribution in [-0.4, -0.2) is 18.0 Å². The van der Waals surface area contributed by atoms with E-state index < -0.39 is 11.6 Å². The molecule has 134 valence electrons. The molecular weight excluding hydrogens is 338 g/mol. The summed E-state index contributed by atoms with van der Waals surface area (Å²) in [6.07, 6.45) is 1.85. The number of hydrogen-bond acceptors (Lipinski definition) is 2. The van der Waals surface area contributed by atoms with Gasteiger partial charge < -0.3 is 15.0 Å². The van der Waals surface area contributed by atoms with Crippen LogP contribution in [0.25, 0.3) is 10.9 Å². The molecule has 0 aliphatic heterocycles. The van der Waals surface area contributed by atoms with Gasteiger partial charge >= 0.3 is 0 Å². The molecule has 0 bridgehead atoms. The highest BCUT2D eigenvalue weighted by Crippen LogP contribution is 2.34. The fraction of sp³-hybridized carbons (Fsp3) is 0.250. The third-order valence-corrected chi connectivity index (χ3v) is 4.98. The number of aromatic amines is 1. The third kappa shape index (κ3) is 2.81. The summed E-state index contributed by atoms with van der Waals surface area (Å²) < 4.78 is 32.9. The molecule has 0 saturated heterocycles. The molecule has 1 aliphatic rings. The number of anilines is 1. The largest absolute Gasteiger partial charge is 0.497 e. The van der Waals surface area contributed by atoms with Gasteiger partial charge in [0.05, 0.1) is 7.11 Å². The second-order valence-corrected chi connectivity index (χ2v) is 6.52. The molecular formula is C20H18F2N2O2. The molecule has 3 aromatic rings. The molecule has 1 unspecified atom stereocenters. The Kier molecular flexibility index (Phi) is 4.11. The number of rotatable bonds is 3. The van der Waals surface area contributed by atoms with Crippen molar-refractivity contribution in [2.45, 2.75) is 19.3 Å². The number of methoxy groups -OCH3 is 1. The van der Waals surface area contributed by atoms with Crippen molar-refractivity contribution in [2.75, 3.05) is 12.4 Å². The highest BCUT2D eigenvalue weighted by Gasteiger charge is 2.28. The molecule has 0 saturated carbocycles. The first kappa shape index (κ1) is 16.6. The van der Waals surface area contributed by atoms with Gasteiger partial charge in [-0.05, 0) is 55.2 Å². The minimum Gasteiger partial charge on any atom is -0.497 e. The summed E-state index contributed by atoms with van der Waals surface area (Å²) in [5, 5.41) is 3.44. The van der Waals surface area contributed by atoms with Crippen molar-refractivity contribution in [1.82, 2.24) is 4.98 Å². The Hall–Kier alpha value is -2.89. The molecule has 1 heterocycles. The van der Waals surface area contributed by atoms with Crippen LogP contribution in [0.3, 0.4) is 0 Å². The Labute approximate surface area is 149 Å². The van der Waals surface area contributed by atoms with Crippen LogP contribution in [0.15, 0.2) is 36.4 Å². The maximum Gasteiger partial charge on any atom is 0.227 e. The number of carbonyl (C=O) groups is 1. The summed E-state index contributed by atoms with van der Waals surface area (Å²) >= 11 is 0. The molecule has 1 aliphatic carbocycles. The quantitative estimate of drug-likeness (QED) is 0.739. The lowest BCUT2D eigenvalue weighted by atomic mass is 9.85. The normalized spacial score (nSPS) is 16.3. The van der Waals surface area contributed by atoms with Crippen molar-refractivity contribution in [1.29, 1.82) is 0 Å².